The lowest BCUT2D eigenvalue weighted by Crippen LogP contribution is -2.19. The van der Waals surface area contributed by atoms with Gasteiger partial charge in [-0.25, -0.2) is 8.42 Å². The molecule has 3 nitrogen and oxygen atoms in total. The van der Waals surface area contributed by atoms with Gasteiger partial charge < -0.3 is 5.32 Å². The number of sulfone groups is 1. The van der Waals surface area contributed by atoms with Crippen LogP contribution in [-0.4, -0.2) is 39.0 Å². The van der Waals surface area contributed by atoms with E-state index in [-0.39, 0.29) is 11.8 Å². The maximum absolute atomic E-state index is 11.1. The summed E-state index contributed by atoms with van der Waals surface area (Å²) in [7, 11) is -0.922. The molecule has 1 unspecified atom stereocenters. The fourth-order valence-corrected chi connectivity index (χ4v) is 4.63. The summed E-state index contributed by atoms with van der Waals surface area (Å²) in [5.74, 6) is 1.75. The average Bonchev–Trinajstić information content (AvgIpc) is 2.46. The third kappa shape index (κ3) is 5.02. The summed E-state index contributed by atoms with van der Waals surface area (Å²) in [6, 6.07) is 15.0. The zero-order valence-electron chi connectivity index (χ0n) is 12.4. The summed E-state index contributed by atoms with van der Waals surface area (Å²) < 4.78 is 22.3. The van der Waals surface area contributed by atoms with Crippen LogP contribution in [0.1, 0.15) is 11.6 Å². The monoisotopic (exact) mass is 323 g/mol. The van der Waals surface area contributed by atoms with Crippen LogP contribution in [0, 0.1) is 0 Å². The highest BCUT2D eigenvalue weighted by Crippen LogP contribution is 2.23. The first kappa shape index (κ1) is 16.3. The van der Waals surface area contributed by atoms with E-state index in [9.17, 15) is 8.42 Å². The third-order valence-electron chi connectivity index (χ3n) is 3.41. The van der Waals surface area contributed by atoms with Gasteiger partial charge in [-0.1, -0.05) is 36.4 Å². The first-order valence-corrected chi connectivity index (χ1v) is 10.1. The summed E-state index contributed by atoms with van der Waals surface area (Å²) in [6.07, 6.45) is 1.28. The lowest BCUT2D eigenvalue weighted by atomic mass is 10.0. The maximum atomic E-state index is 11.1. The van der Waals surface area contributed by atoms with Gasteiger partial charge in [-0.3, -0.25) is 0 Å². The van der Waals surface area contributed by atoms with Crippen molar-refractivity contribution in [1.82, 2.24) is 5.32 Å². The Kier molecular flexibility index (Phi) is 5.67. The zero-order valence-corrected chi connectivity index (χ0v) is 14.0. The summed E-state index contributed by atoms with van der Waals surface area (Å²) in [6.45, 7) is 0. The Hall–Kier alpha value is -1.04. The lowest BCUT2D eigenvalue weighted by molar-refractivity contribution is 0.603. The second-order valence-corrected chi connectivity index (χ2v) is 8.56. The number of hydrogen-bond acceptors (Lipinski definition) is 4. The van der Waals surface area contributed by atoms with Crippen molar-refractivity contribution in [3.05, 3.63) is 48.0 Å². The second kappa shape index (κ2) is 7.29. The van der Waals surface area contributed by atoms with Crippen molar-refractivity contribution < 1.29 is 8.42 Å². The molecular formula is C16H21NO2S2. The van der Waals surface area contributed by atoms with Crippen LogP contribution in [-0.2, 0) is 9.84 Å². The molecule has 1 atom stereocenters. The molecule has 1 N–H and O–H groups in total. The molecule has 5 heteroatoms. The van der Waals surface area contributed by atoms with E-state index in [2.05, 4.69) is 35.6 Å². The molecule has 0 spiro atoms. The molecule has 0 saturated heterocycles. The third-order valence-corrected chi connectivity index (χ3v) is 5.67. The van der Waals surface area contributed by atoms with Crippen LogP contribution in [0.4, 0.5) is 0 Å². The Balaban J connectivity index is 2.02. The van der Waals surface area contributed by atoms with Gasteiger partial charge in [0.2, 0.25) is 0 Å². The molecule has 0 aromatic heterocycles. The first-order chi connectivity index (χ1) is 9.99. The van der Waals surface area contributed by atoms with Crippen LogP contribution in [0.15, 0.2) is 42.5 Å². The highest BCUT2D eigenvalue weighted by Gasteiger charge is 2.10. The second-order valence-electron chi connectivity index (χ2n) is 5.15. The first-order valence-electron chi connectivity index (χ1n) is 6.91. The quantitative estimate of drug-likeness (QED) is 0.796. The van der Waals surface area contributed by atoms with Gasteiger partial charge in [0.15, 0.2) is 0 Å². The molecule has 0 fully saturated rings. The van der Waals surface area contributed by atoms with Gasteiger partial charge in [0.25, 0.3) is 0 Å². The molecule has 0 aliphatic rings. The smallest absolute Gasteiger partial charge is 0.148 e. The van der Waals surface area contributed by atoms with Crippen molar-refractivity contribution >= 4 is 32.4 Å². The van der Waals surface area contributed by atoms with Gasteiger partial charge in [-0.2, -0.15) is 11.8 Å². The van der Waals surface area contributed by atoms with Crippen molar-refractivity contribution in [2.24, 2.45) is 0 Å². The van der Waals surface area contributed by atoms with E-state index >= 15 is 0 Å². The molecule has 0 bridgehead atoms. The molecule has 21 heavy (non-hydrogen) atoms. The van der Waals surface area contributed by atoms with Crippen LogP contribution in [0.5, 0.6) is 0 Å². The Morgan fingerprint density at radius 3 is 2.52 bits per heavy atom. The number of fused-ring (bicyclic) bond motifs is 1. The number of thioether (sulfide) groups is 1. The molecule has 2 rings (SSSR count). The van der Waals surface area contributed by atoms with E-state index in [0.29, 0.717) is 5.75 Å². The van der Waals surface area contributed by atoms with Crippen molar-refractivity contribution in [3.63, 3.8) is 0 Å². The number of rotatable bonds is 7. The van der Waals surface area contributed by atoms with E-state index in [4.69, 9.17) is 0 Å². The van der Waals surface area contributed by atoms with Gasteiger partial charge in [-0.15, -0.1) is 0 Å². The van der Waals surface area contributed by atoms with E-state index in [1.54, 1.807) is 11.8 Å². The fourth-order valence-electron chi connectivity index (χ4n) is 2.18. The van der Waals surface area contributed by atoms with Gasteiger partial charge in [0, 0.05) is 23.8 Å². The highest BCUT2D eigenvalue weighted by molar-refractivity contribution is 8.00. The summed E-state index contributed by atoms with van der Waals surface area (Å²) in [5.41, 5.74) is 1.24. The number of hydrogen-bond donors (Lipinski definition) is 1. The minimum Gasteiger partial charge on any atom is -0.312 e. The molecular weight excluding hydrogens is 302 g/mol. The fraction of sp³-hybridized carbons (Fsp3) is 0.375. The van der Waals surface area contributed by atoms with Crippen molar-refractivity contribution in [3.8, 4) is 0 Å². The zero-order chi connectivity index (χ0) is 15.3. The van der Waals surface area contributed by atoms with E-state index in [0.717, 1.165) is 5.75 Å². The molecule has 114 valence electrons. The largest absolute Gasteiger partial charge is 0.312 e. The average molecular weight is 323 g/mol. The molecule has 0 radical (unpaired) electrons. The molecule has 0 aliphatic carbocycles. The number of nitrogens with one attached hydrogen (secondary N) is 1. The van der Waals surface area contributed by atoms with Gasteiger partial charge in [0.05, 0.1) is 5.75 Å². The van der Waals surface area contributed by atoms with E-state index in [1.807, 2.05) is 19.2 Å². The Morgan fingerprint density at radius 2 is 1.86 bits per heavy atom. The predicted octanol–water partition coefficient (Wildman–Crippen LogP) is 2.88. The van der Waals surface area contributed by atoms with Gasteiger partial charge >= 0.3 is 0 Å². The Morgan fingerprint density at radius 1 is 1.14 bits per heavy atom. The molecule has 0 aliphatic heterocycles. The standard InChI is InChI=1S/C16H21NO2S2/c1-17-16(12-20-9-10-21(2,18)19)15-8-7-13-5-3-4-6-14(13)11-15/h3-8,11,16-17H,9-10,12H2,1-2H3. The van der Waals surface area contributed by atoms with Crippen LogP contribution in [0.25, 0.3) is 10.8 Å². The molecule has 0 amide bonds. The van der Waals surface area contributed by atoms with E-state index < -0.39 is 9.84 Å². The minimum absolute atomic E-state index is 0.235. The predicted molar refractivity (Wildman–Crippen MR) is 92.8 cm³/mol. The van der Waals surface area contributed by atoms with Crippen LogP contribution < -0.4 is 5.32 Å². The summed E-state index contributed by atoms with van der Waals surface area (Å²) in [4.78, 5) is 0. The van der Waals surface area contributed by atoms with Crippen molar-refractivity contribution in [2.45, 2.75) is 6.04 Å². The summed E-state index contributed by atoms with van der Waals surface area (Å²) >= 11 is 1.67. The Bertz CT molecular complexity index is 698. The maximum Gasteiger partial charge on any atom is 0.148 e. The minimum atomic E-state index is -2.86. The molecule has 2 aromatic carbocycles. The van der Waals surface area contributed by atoms with Crippen LogP contribution in [0.2, 0.25) is 0 Å². The van der Waals surface area contributed by atoms with Crippen molar-refractivity contribution in [2.75, 3.05) is 30.6 Å². The van der Waals surface area contributed by atoms with Crippen LogP contribution in [0.3, 0.4) is 0 Å². The number of benzene rings is 2. The van der Waals surface area contributed by atoms with Gasteiger partial charge in [0.1, 0.15) is 9.84 Å². The SMILES string of the molecule is CNC(CSCCS(C)(=O)=O)c1ccc2ccccc2c1. The normalized spacial score (nSPS) is 13.4. The highest BCUT2D eigenvalue weighted by atomic mass is 32.2. The summed E-state index contributed by atoms with van der Waals surface area (Å²) in [5, 5.41) is 5.78. The van der Waals surface area contributed by atoms with Crippen molar-refractivity contribution in [1.29, 1.82) is 0 Å². The lowest BCUT2D eigenvalue weighted by Gasteiger charge is -2.17. The molecule has 2 aromatic rings. The molecule has 0 saturated carbocycles. The Labute approximate surface area is 131 Å². The topological polar surface area (TPSA) is 46.2 Å². The van der Waals surface area contributed by atoms with Gasteiger partial charge in [-0.05, 0) is 29.4 Å². The van der Waals surface area contributed by atoms with E-state index in [1.165, 1.54) is 22.6 Å². The van der Waals surface area contributed by atoms with Crippen LogP contribution >= 0.6 is 11.8 Å². The molecule has 0 heterocycles.